The van der Waals surface area contributed by atoms with E-state index in [4.69, 9.17) is 0 Å². The predicted molar refractivity (Wildman–Crippen MR) is 64.5 cm³/mol. The molecule has 1 heterocycles. The van der Waals surface area contributed by atoms with Gasteiger partial charge in [-0.05, 0) is 37.7 Å². The number of piperazine rings is 1. The van der Waals surface area contributed by atoms with Crippen LogP contribution in [0.2, 0.25) is 0 Å². The second-order valence-electron chi connectivity index (χ2n) is 4.56. The summed E-state index contributed by atoms with van der Waals surface area (Å²) in [5.41, 5.74) is 1.10. The third-order valence-electron chi connectivity index (χ3n) is 3.20. The minimum absolute atomic E-state index is 0.00111. The van der Waals surface area contributed by atoms with Crippen LogP contribution >= 0.6 is 0 Å². The van der Waals surface area contributed by atoms with Crippen molar-refractivity contribution in [1.29, 1.82) is 0 Å². The fourth-order valence-corrected chi connectivity index (χ4v) is 1.97. The zero-order chi connectivity index (χ0) is 12.4. The first-order chi connectivity index (χ1) is 8.08. The summed E-state index contributed by atoms with van der Waals surface area (Å²) >= 11 is 0. The Morgan fingerprint density at radius 1 is 1.24 bits per heavy atom. The maximum atomic E-state index is 13.1. The van der Waals surface area contributed by atoms with Gasteiger partial charge in [-0.15, -0.1) is 0 Å². The smallest absolute Gasteiger partial charge is 0.253 e. The number of halogens is 1. The van der Waals surface area contributed by atoms with Crippen LogP contribution in [-0.4, -0.2) is 48.9 Å². The Kier molecular flexibility index (Phi) is 3.43. The fourth-order valence-electron chi connectivity index (χ4n) is 1.97. The van der Waals surface area contributed by atoms with Gasteiger partial charge in [0, 0.05) is 31.7 Å². The van der Waals surface area contributed by atoms with Gasteiger partial charge in [-0.25, -0.2) is 4.39 Å². The molecule has 4 heteroatoms. The normalized spacial score (nSPS) is 17.2. The van der Waals surface area contributed by atoms with E-state index in [1.165, 1.54) is 6.07 Å². The largest absolute Gasteiger partial charge is 0.336 e. The van der Waals surface area contributed by atoms with E-state index in [0.717, 1.165) is 26.2 Å². The quantitative estimate of drug-likeness (QED) is 0.738. The molecule has 92 valence electrons. The van der Waals surface area contributed by atoms with Crippen molar-refractivity contribution in [3.05, 3.63) is 35.1 Å². The molecule has 2 rings (SSSR count). The van der Waals surface area contributed by atoms with Crippen molar-refractivity contribution >= 4 is 5.91 Å². The standard InChI is InChI=1S/C13H17FN2O/c1-10-9-11(3-4-12(10)14)13(17)16-7-5-15(2)6-8-16/h3-4,9H,5-8H2,1-2H3. The predicted octanol–water partition coefficient (Wildman–Crippen LogP) is 1.52. The van der Waals surface area contributed by atoms with Gasteiger partial charge < -0.3 is 9.80 Å². The van der Waals surface area contributed by atoms with Gasteiger partial charge in [0.25, 0.3) is 5.91 Å². The average molecular weight is 236 g/mol. The van der Waals surface area contributed by atoms with E-state index >= 15 is 0 Å². The van der Waals surface area contributed by atoms with Crippen LogP contribution in [-0.2, 0) is 0 Å². The Morgan fingerprint density at radius 3 is 2.47 bits per heavy atom. The first-order valence-corrected chi connectivity index (χ1v) is 5.82. The van der Waals surface area contributed by atoms with Crippen molar-refractivity contribution in [2.45, 2.75) is 6.92 Å². The van der Waals surface area contributed by atoms with Crippen LogP contribution in [0.25, 0.3) is 0 Å². The van der Waals surface area contributed by atoms with E-state index in [1.54, 1.807) is 19.1 Å². The van der Waals surface area contributed by atoms with Gasteiger partial charge in [-0.2, -0.15) is 0 Å². The van der Waals surface area contributed by atoms with Gasteiger partial charge in [0.15, 0.2) is 0 Å². The topological polar surface area (TPSA) is 23.6 Å². The molecule has 0 N–H and O–H groups in total. The molecular weight excluding hydrogens is 219 g/mol. The van der Waals surface area contributed by atoms with Gasteiger partial charge in [0.1, 0.15) is 5.82 Å². The molecule has 0 atom stereocenters. The van der Waals surface area contributed by atoms with Crippen molar-refractivity contribution in [1.82, 2.24) is 9.80 Å². The molecule has 1 aromatic carbocycles. The van der Waals surface area contributed by atoms with Crippen LogP contribution in [0, 0.1) is 12.7 Å². The van der Waals surface area contributed by atoms with Gasteiger partial charge in [-0.1, -0.05) is 0 Å². The highest BCUT2D eigenvalue weighted by Gasteiger charge is 2.20. The molecule has 1 amide bonds. The molecule has 1 aliphatic rings. The summed E-state index contributed by atoms with van der Waals surface area (Å²) in [7, 11) is 2.05. The Balaban J connectivity index is 2.11. The van der Waals surface area contributed by atoms with Crippen molar-refractivity contribution in [2.75, 3.05) is 33.2 Å². The number of nitrogens with zero attached hydrogens (tertiary/aromatic N) is 2. The Morgan fingerprint density at radius 2 is 1.88 bits per heavy atom. The summed E-state index contributed by atoms with van der Waals surface area (Å²) < 4.78 is 13.1. The molecule has 0 bridgehead atoms. The molecule has 17 heavy (non-hydrogen) atoms. The molecule has 0 radical (unpaired) electrons. The number of hydrogen-bond donors (Lipinski definition) is 0. The lowest BCUT2D eigenvalue weighted by Gasteiger charge is -2.32. The van der Waals surface area contributed by atoms with E-state index < -0.39 is 0 Å². The molecule has 0 spiro atoms. The molecule has 0 aliphatic carbocycles. The van der Waals surface area contributed by atoms with Gasteiger partial charge >= 0.3 is 0 Å². The average Bonchev–Trinajstić information content (AvgIpc) is 2.33. The zero-order valence-corrected chi connectivity index (χ0v) is 10.2. The number of hydrogen-bond acceptors (Lipinski definition) is 2. The Hall–Kier alpha value is -1.42. The summed E-state index contributed by atoms with van der Waals surface area (Å²) in [6, 6.07) is 4.54. The second kappa shape index (κ2) is 4.84. The summed E-state index contributed by atoms with van der Waals surface area (Å²) in [4.78, 5) is 16.2. The van der Waals surface area contributed by atoms with Crippen molar-refractivity contribution in [3.63, 3.8) is 0 Å². The number of carbonyl (C=O) groups is 1. The Bertz CT molecular complexity index is 425. The summed E-state index contributed by atoms with van der Waals surface area (Å²) in [6.07, 6.45) is 0. The second-order valence-corrected chi connectivity index (χ2v) is 4.56. The van der Waals surface area contributed by atoms with Crippen LogP contribution in [0.15, 0.2) is 18.2 Å². The van der Waals surface area contributed by atoms with E-state index in [1.807, 2.05) is 11.9 Å². The van der Waals surface area contributed by atoms with Crippen molar-refractivity contribution in [3.8, 4) is 0 Å². The monoisotopic (exact) mass is 236 g/mol. The maximum Gasteiger partial charge on any atom is 0.253 e. The molecular formula is C13H17FN2O. The third-order valence-corrected chi connectivity index (χ3v) is 3.20. The number of amides is 1. The fraction of sp³-hybridized carbons (Fsp3) is 0.462. The molecule has 0 saturated carbocycles. The van der Waals surface area contributed by atoms with E-state index in [2.05, 4.69) is 4.90 Å². The summed E-state index contributed by atoms with van der Waals surface area (Å²) in [5.74, 6) is -0.263. The minimum Gasteiger partial charge on any atom is -0.336 e. The lowest BCUT2D eigenvalue weighted by Crippen LogP contribution is -2.47. The number of benzene rings is 1. The van der Waals surface area contributed by atoms with E-state index in [9.17, 15) is 9.18 Å². The molecule has 0 unspecified atom stereocenters. The molecule has 1 aliphatic heterocycles. The van der Waals surface area contributed by atoms with Crippen LogP contribution in [0.3, 0.4) is 0 Å². The number of likely N-dealkylation sites (N-methyl/N-ethyl adjacent to an activating group) is 1. The zero-order valence-electron chi connectivity index (χ0n) is 10.2. The summed E-state index contributed by atoms with van der Waals surface area (Å²) in [5, 5.41) is 0. The first kappa shape index (κ1) is 12.0. The third kappa shape index (κ3) is 2.64. The van der Waals surface area contributed by atoms with Gasteiger partial charge in [-0.3, -0.25) is 4.79 Å². The van der Waals surface area contributed by atoms with Gasteiger partial charge in [0.2, 0.25) is 0 Å². The van der Waals surface area contributed by atoms with Gasteiger partial charge in [0.05, 0.1) is 0 Å². The van der Waals surface area contributed by atoms with E-state index in [-0.39, 0.29) is 11.7 Å². The van der Waals surface area contributed by atoms with Crippen LogP contribution in [0.4, 0.5) is 4.39 Å². The maximum absolute atomic E-state index is 13.1. The highest BCUT2D eigenvalue weighted by atomic mass is 19.1. The highest BCUT2D eigenvalue weighted by Crippen LogP contribution is 2.12. The lowest BCUT2D eigenvalue weighted by molar-refractivity contribution is 0.0664. The van der Waals surface area contributed by atoms with Crippen molar-refractivity contribution < 1.29 is 9.18 Å². The van der Waals surface area contributed by atoms with Crippen LogP contribution in [0.1, 0.15) is 15.9 Å². The highest BCUT2D eigenvalue weighted by molar-refractivity contribution is 5.94. The number of aryl methyl sites for hydroxylation is 1. The lowest BCUT2D eigenvalue weighted by atomic mass is 10.1. The van der Waals surface area contributed by atoms with Crippen molar-refractivity contribution in [2.24, 2.45) is 0 Å². The molecule has 3 nitrogen and oxygen atoms in total. The van der Waals surface area contributed by atoms with E-state index in [0.29, 0.717) is 11.1 Å². The molecule has 0 aromatic heterocycles. The SMILES string of the molecule is Cc1cc(C(=O)N2CCN(C)CC2)ccc1F. The molecule has 1 fully saturated rings. The first-order valence-electron chi connectivity index (χ1n) is 5.82. The van der Waals surface area contributed by atoms with Crippen LogP contribution in [0.5, 0.6) is 0 Å². The minimum atomic E-state index is -0.264. The molecule has 1 aromatic rings. The van der Waals surface area contributed by atoms with Crippen LogP contribution < -0.4 is 0 Å². The number of rotatable bonds is 1. The number of carbonyl (C=O) groups excluding carboxylic acids is 1. The Labute approximate surface area is 101 Å². The summed E-state index contributed by atoms with van der Waals surface area (Å²) in [6.45, 7) is 4.95. The molecule has 1 saturated heterocycles.